The van der Waals surface area contributed by atoms with E-state index in [0.717, 1.165) is 45.2 Å². The number of nitrogens with zero attached hydrogens (tertiary/aromatic N) is 1. The van der Waals surface area contributed by atoms with Crippen LogP contribution >= 0.6 is 0 Å². The molecule has 148 valence electrons. The average molecular weight is 379 g/mol. The molecule has 3 N–H and O–H groups in total. The molecule has 0 amide bonds. The Labute approximate surface area is 152 Å². The Morgan fingerprint density at radius 3 is 2.72 bits per heavy atom. The van der Waals surface area contributed by atoms with Gasteiger partial charge in [0, 0.05) is 31.8 Å². The summed E-state index contributed by atoms with van der Waals surface area (Å²) in [6.07, 6.45) is 4.49. The van der Waals surface area contributed by atoms with E-state index in [-0.39, 0.29) is 6.10 Å². The van der Waals surface area contributed by atoms with Crippen LogP contribution in [0.1, 0.15) is 40.0 Å². The molecular formula is C16H34N4O4S. The van der Waals surface area contributed by atoms with E-state index in [0.29, 0.717) is 25.7 Å². The first-order chi connectivity index (χ1) is 11.7. The maximum absolute atomic E-state index is 11.4. The van der Waals surface area contributed by atoms with Crippen molar-refractivity contribution >= 4 is 16.0 Å². The number of sulfonamides is 1. The van der Waals surface area contributed by atoms with E-state index in [1.807, 2.05) is 6.92 Å². The molecule has 1 rings (SSSR count). The fraction of sp³-hybridized carbons (Fsp3) is 0.938. The van der Waals surface area contributed by atoms with Crippen molar-refractivity contribution in [2.75, 3.05) is 45.7 Å². The highest BCUT2D eigenvalue weighted by Crippen LogP contribution is 2.11. The van der Waals surface area contributed by atoms with Crippen LogP contribution in [0.3, 0.4) is 0 Å². The van der Waals surface area contributed by atoms with Crippen LogP contribution in [0.2, 0.25) is 0 Å². The molecule has 0 radical (unpaired) electrons. The van der Waals surface area contributed by atoms with Gasteiger partial charge in [0.15, 0.2) is 5.96 Å². The Morgan fingerprint density at radius 2 is 2.12 bits per heavy atom. The van der Waals surface area contributed by atoms with E-state index in [1.165, 1.54) is 0 Å². The fourth-order valence-corrected chi connectivity index (χ4v) is 3.59. The zero-order valence-corrected chi connectivity index (χ0v) is 16.7. The van der Waals surface area contributed by atoms with Gasteiger partial charge in [-0.1, -0.05) is 0 Å². The molecule has 1 saturated heterocycles. The normalized spacial score (nSPS) is 19.2. The number of aliphatic imine (C=N–C) groups is 1. The summed E-state index contributed by atoms with van der Waals surface area (Å²) in [5.74, 6) is 0.671. The Hall–Kier alpha value is -0.900. The Kier molecular flexibility index (Phi) is 9.70. The van der Waals surface area contributed by atoms with Crippen molar-refractivity contribution in [3.8, 4) is 0 Å². The molecule has 1 aliphatic heterocycles. The number of ether oxygens (including phenoxy) is 2. The number of nitrogens with one attached hydrogen (secondary N) is 3. The van der Waals surface area contributed by atoms with Gasteiger partial charge in [-0.25, -0.2) is 13.1 Å². The van der Waals surface area contributed by atoms with Gasteiger partial charge < -0.3 is 20.1 Å². The highest BCUT2D eigenvalue weighted by atomic mass is 32.2. The average Bonchev–Trinajstić information content (AvgIpc) is 2.99. The second kappa shape index (κ2) is 10.9. The number of hydrogen-bond acceptors (Lipinski definition) is 5. The predicted octanol–water partition coefficient (Wildman–Crippen LogP) is 0.455. The summed E-state index contributed by atoms with van der Waals surface area (Å²) < 4.78 is 36.5. The van der Waals surface area contributed by atoms with Crippen LogP contribution in [0.4, 0.5) is 0 Å². The third-order valence-corrected chi connectivity index (χ3v) is 4.45. The van der Waals surface area contributed by atoms with Crippen molar-refractivity contribution in [1.29, 1.82) is 0 Å². The lowest BCUT2D eigenvalue weighted by Gasteiger charge is -2.23. The molecule has 0 spiro atoms. The first-order valence-corrected chi connectivity index (χ1v) is 10.8. The molecule has 1 heterocycles. The topological polar surface area (TPSA) is 101 Å². The second-order valence-electron chi connectivity index (χ2n) is 6.94. The summed E-state index contributed by atoms with van der Waals surface area (Å²) in [5.41, 5.74) is -0.639. The van der Waals surface area contributed by atoms with Crippen molar-refractivity contribution in [2.45, 2.75) is 51.7 Å². The lowest BCUT2D eigenvalue weighted by molar-refractivity contribution is 0.0168. The Bertz CT molecular complexity index is 502. The molecular weight excluding hydrogens is 344 g/mol. The molecule has 0 aliphatic carbocycles. The summed E-state index contributed by atoms with van der Waals surface area (Å²) in [7, 11) is -3.26. The van der Waals surface area contributed by atoms with Crippen molar-refractivity contribution in [3.05, 3.63) is 0 Å². The van der Waals surface area contributed by atoms with Gasteiger partial charge >= 0.3 is 0 Å². The third kappa shape index (κ3) is 11.4. The third-order valence-electron chi connectivity index (χ3n) is 3.52. The molecule has 1 fully saturated rings. The molecule has 0 aromatic carbocycles. The summed E-state index contributed by atoms with van der Waals surface area (Å²) in [6.45, 7) is 9.60. The molecule has 1 aliphatic rings. The molecule has 8 nitrogen and oxygen atoms in total. The summed E-state index contributed by atoms with van der Waals surface area (Å²) in [4.78, 5) is 4.46. The first-order valence-electron chi connectivity index (χ1n) is 8.92. The predicted molar refractivity (Wildman–Crippen MR) is 100 cm³/mol. The second-order valence-corrected chi connectivity index (χ2v) is 8.69. The van der Waals surface area contributed by atoms with Gasteiger partial charge in [-0.15, -0.1) is 0 Å². The SMILES string of the molecule is CCNC(=NCC(C)(C)NS(C)(=O)=O)NCCCOCC1CCCO1. The molecule has 9 heteroatoms. The van der Waals surface area contributed by atoms with Crippen LogP contribution in [0.15, 0.2) is 4.99 Å². The van der Waals surface area contributed by atoms with Crippen LogP contribution in [0, 0.1) is 0 Å². The lowest BCUT2D eigenvalue weighted by Crippen LogP contribution is -2.46. The minimum absolute atomic E-state index is 0.261. The summed E-state index contributed by atoms with van der Waals surface area (Å²) in [5, 5.41) is 6.39. The van der Waals surface area contributed by atoms with E-state index in [2.05, 4.69) is 20.3 Å². The molecule has 0 aromatic rings. The standard InChI is InChI=1S/C16H34N4O4S/c1-5-17-15(19-13-16(2,3)20-25(4,21)22)18-9-7-10-23-12-14-8-6-11-24-14/h14,20H,5-13H2,1-4H3,(H2,17,18,19). The zero-order chi connectivity index (χ0) is 18.8. The van der Waals surface area contributed by atoms with Gasteiger partial charge in [-0.05, 0) is 40.0 Å². The van der Waals surface area contributed by atoms with Crippen molar-refractivity contribution in [3.63, 3.8) is 0 Å². The monoisotopic (exact) mass is 378 g/mol. The molecule has 1 atom stereocenters. The van der Waals surface area contributed by atoms with E-state index in [1.54, 1.807) is 13.8 Å². The van der Waals surface area contributed by atoms with Crippen molar-refractivity contribution < 1.29 is 17.9 Å². The van der Waals surface area contributed by atoms with Crippen molar-refractivity contribution in [2.24, 2.45) is 4.99 Å². The van der Waals surface area contributed by atoms with Crippen molar-refractivity contribution in [1.82, 2.24) is 15.4 Å². The van der Waals surface area contributed by atoms with Gasteiger partial charge in [-0.2, -0.15) is 0 Å². The van der Waals surface area contributed by atoms with Crippen LogP contribution in [0.25, 0.3) is 0 Å². The summed E-state index contributed by atoms with van der Waals surface area (Å²) >= 11 is 0. The van der Waals surface area contributed by atoms with Gasteiger partial charge in [-0.3, -0.25) is 4.99 Å². The summed E-state index contributed by atoms with van der Waals surface area (Å²) in [6, 6.07) is 0. The number of hydrogen-bond donors (Lipinski definition) is 3. The number of guanidine groups is 1. The van der Waals surface area contributed by atoms with Crippen LogP contribution in [-0.4, -0.2) is 71.7 Å². The molecule has 0 bridgehead atoms. The smallest absolute Gasteiger partial charge is 0.209 e. The van der Waals surface area contributed by atoms with Gasteiger partial charge in [0.25, 0.3) is 0 Å². The van der Waals surface area contributed by atoms with E-state index >= 15 is 0 Å². The van der Waals surface area contributed by atoms with Gasteiger partial charge in [0.05, 0.1) is 25.5 Å². The zero-order valence-electron chi connectivity index (χ0n) is 15.9. The Morgan fingerprint density at radius 1 is 1.36 bits per heavy atom. The molecule has 1 unspecified atom stereocenters. The highest BCUT2D eigenvalue weighted by molar-refractivity contribution is 7.88. The van der Waals surface area contributed by atoms with E-state index in [4.69, 9.17) is 9.47 Å². The minimum atomic E-state index is -3.26. The number of rotatable bonds is 11. The van der Waals surface area contributed by atoms with E-state index in [9.17, 15) is 8.42 Å². The molecule has 0 saturated carbocycles. The van der Waals surface area contributed by atoms with Crippen LogP contribution < -0.4 is 15.4 Å². The Balaban J connectivity index is 2.27. The highest BCUT2D eigenvalue weighted by Gasteiger charge is 2.21. The lowest BCUT2D eigenvalue weighted by atomic mass is 10.1. The van der Waals surface area contributed by atoms with Crippen LogP contribution in [0.5, 0.6) is 0 Å². The largest absolute Gasteiger partial charge is 0.379 e. The minimum Gasteiger partial charge on any atom is -0.379 e. The maximum Gasteiger partial charge on any atom is 0.209 e. The first kappa shape index (κ1) is 22.1. The van der Waals surface area contributed by atoms with E-state index < -0.39 is 15.6 Å². The maximum atomic E-state index is 11.4. The fourth-order valence-electron chi connectivity index (χ4n) is 2.52. The molecule has 25 heavy (non-hydrogen) atoms. The molecule has 0 aromatic heterocycles. The van der Waals surface area contributed by atoms with Gasteiger partial charge in [0.1, 0.15) is 0 Å². The quantitative estimate of drug-likeness (QED) is 0.274. The van der Waals surface area contributed by atoms with Crippen LogP contribution in [-0.2, 0) is 19.5 Å². The van der Waals surface area contributed by atoms with Gasteiger partial charge in [0.2, 0.25) is 10.0 Å².